The fraction of sp³-hybridized carbons (Fsp3) is 0.960. The molecule has 14 rings (SSSR count). The third-order valence-electron chi connectivity index (χ3n) is 38.5. The Kier molecular flexibility index (Phi) is 34.9. The number of fused-ring (bicyclic) bond motifs is 10. The molecule has 6 saturated heterocycles. The maximum absolute atomic E-state index is 12.6. The van der Waals surface area contributed by atoms with Crippen LogP contribution in [-0.2, 0) is 56.8 Å². The van der Waals surface area contributed by atoms with Gasteiger partial charge in [-0.25, -0.2) is 0 Å². The van der Waals surface area contributed by atoms with Crippen LogP contribution < -0.4 is 0 Å². The highest BCUT2D eigenvalue weighted by Gasteiger charge is 2.73. The zero-order chi connectivity index (χ0) is 99.0. The van der Waals surface area contributed by atoms with E-state index < -0.39 is 273 Å². The van der Waals surface area contributed by atoms with Gasteiger partial charge in [0.25, 0.3) is 0 Å². The maximum Gasteiger partial charge on any atom is 0.187 e. The second-order valence-corrected chi connectivity index (χ2v) is 47.2. The lowest BCUT2D eigenvalue weighted by Crippen LogP contribution is -2.65. The van der Waals surface area contributed by atoms with Crippen molar-refractivity contribution in [3.8, 4) is 0 Å². The van der Waals surface area contributed by atoms with Crippen molar-refractivity contribution >= 4 is 0 Å². The molecule has 8 aliphatic carbocycles. The van der Waals surface area contributed by atoms with Crippen molar-refractivity contribution in [2.24, 2.45) is 108 Å². The van der Waals surface area contributed by atoms with Crippen molar-refractivity contribution < 1.29 is 174 Å². The average Bonchev–Trinajstić information content (AvgIpc) is 1.63. The first kappa shape index (κ1) is 112. The van der Waals surface area contributed by atoms with E-state index in [1.807, 2.05) is 0 Å². The summed E-state index contributed by atoms with van der Waals surface area (Å²) in [6.45, 7) is 36.1. The first-order valence-electron chi connectivity index (χ1n) is 50.0. The standard InChI is InChI=1S/C50H86O17.C49H84O18.CH4/c1-23(11-15-35(47(6,7)61)67-44-41(59)37(55)24(2)31(65-44)22-62-43-38(56)25(3)36(54)29(20-51)63-43)26-17-18-48(8)32-14-12-27-28(50(32,10)33(53)19-49(26,48)9)13-16-34(46(27,4)5)66-45-42(60)40(58)39(57)30(21-52)64-45;1-22(10-14-33(46(5,6)61)67-43-39(58)34(53)23(2)27(19-50)63-43)24-16-17-47(7)30-13-11-25-26(49(30,9)31(52)18-48(24,47)8)12-15-32(45(25,3)4)66-44-41(60)38(57)36(55)29(65-44)21-62-42-40(59)37(56)35(54)28(20-51)64-42;/h12,23-26,28-45,51-61H,11,13-22H2,1-10H3;11,22-24,26-44,50-61H,10,12-21H2,1-9H3;1H4/t23-,24-,25+,26?,28?,29-,30-,31-,32?,33-,34+,35-,36+,37+,38-,39-,40+,41-,42-,43?,44+,45+,48+,49-,50+;22-,23-,24?,26?,27-,28-,29-,30?,31-,32+,33-,34+,35-,36-,37+,38+,39-,40-,41-,42-,43+,44+,47+,48-,49+;/m11./s1. The largest absolute Gasteiger partial charge is 0.394 e. The number of aliphatic hydroxyl groups excluding tert-OH is 21. The molecule has 0 radical (unpaired) electrons. The second-order valence-electron chi connectivity index (χ2n) is 47.2. The SMILES string of the molecule is C.C[C@H]1[C@H](O)[C@@H](O)[C@H](O[C@H](CC[C@@H](C)C2CC[C@@]3(C)C4CC=C5C(CC[C@H](O[C@@H]6O[C@H](CO)[C@@H](O)[C@H](O)[C@H]6O)C5(C)C)[C@]4(C)[C@H](O)C[C@]23C)C(C)(C)O)O[C@@H]1COC1O[C@H](CO)[C@@H](O)[C@H](C)[C@H]1O.C[C@H]1[C@H](O)[C@@H](O)[C@H](O[C@H](CC[C@@H](C)C2CC[C@@]3(C)C4CC=C5C(CC[C@H](O[C@@H]6O[C@H](CO[C@@H]7O[C@H](CO)[C@@H](O)[C@H](O)[C@H]7O)[C@@H](O)[C@H](O)[C@H]6O)C5(C)C)[C@]4(C)[C@H](O)C[C@]23C)C(C)(C)O)O[C@@H]1CO. The Morgan fingerprint density at radius 3 is 1.06 bits per heavy atom. The molecule has 0 aromatic rings. The number of rotatable bonds is 28. The minimum absolute atomic E-state index is 0. The lowest BCUT2D eigenvalue weighted by Gasteiger charge is -2.67. The molecule has 12 fully saturated rings. The molecule has 35 heteroatoms. The molecule has 14 aliphatic rings. The van der Waals surface area contributed by atoms with Gasteiger partial charge < -0.3 is 174 Å². The Morgan fingerprint density at radius 2 is 0.674 bits per heavy atom. The minimum Gasteiger partial charge on any atom is -0.394 e. The highest BCUT2D eigenvalue weighted by molar-refractivity contribution is 5.34. The molecule has 0 aromatic heterocycles. The summed E-state index contributed by atoms with van der Waals surface area (Å²) in [6.07, 6.45) is -22.8. The van der Waals surface area contributed by atoms with Crippen LogP contribution in [0.3, 0.4) is 0 Å². The average molecular weight is 1940 g/mol. The lowest BCUT2D eigenvalue weighted by atomic mass is 9.38. The van der Waals surface area contributed by atoms with E-state index >= 15 is 0 Å². The van der Waals surface area contributed by atoms with Gasteiger partial charge in [0.2, 0.25) is 0 Å². The number of ether oxygens (including phenoxy) is 12. The molecular weight excluding hydrogens is 1760 g/mol. The predicted molar refractivity (Wildman–Crippen MR) is 486 cm³/mol. The maximum atomic E-state index is 12.6. The van der Waals surface area contributed by atoms with Gasteiger partial charge in [-0.1, -0.05) is 135 Å². The van der Waals surface area contributed by atoms with Crippen LogP contribution in [0.25, 0.3) is 0 Å². The van der Waals surface area contributed by atoms with Crippen LogP contribution in [0.15, 0.2) is 23.3 Å². The predicted octanol–water partition coefficient (Wildman–Crippen LogP) is 2.35. The third kappa shape index (κ3) is 20.0. The fourth-order valence-electron chi connectivity index (χ4n) is 28.9. The molecule has 0 bridgehead atoms. The van der Waals surface area contributed by atoms with E-state index in [-0.39, 0.29) is 95.7 Å². The van der Waals surface area contributed by atoms with Gasteiger partial charge in [0.15, 0.2) is 37.7 Å². The zero-order valence-electron chi connectivity index (χ0n) is 82.3. The number of hydrogen-bond acceptors (Lipinski definition) is 35. The van der Waals surface area contributed by atoms with Gasteiger partial charge in [0.05, 0.1) is 118 Å². The van der Waals surface area contributed by atoms with Gasteiger partial charge in [0.1, 0.15) is 97.7 Å². The van der Waals surface area contributed by atoms with Crippen LogP contribution in [-0.4, -0.2) is 371 Å². The van der Waals surface area contributed by atoms with Crippen molar-refractivity contribution in [1.29, 1.82) is 0 Å². The van der Waals surface area contributed by atoms with Gasteiger partial charge in [0, 0.05) is 39.4 Å². The summed E-state index contributed by atoms with van der Waals surface area (Å²) in [4.78, 5) is 0. The molecular formula is C100H174O35. The molecule has 6 heterocycles. The first-order valence-corrected chi connectivity index (χ1v) is 50.0. The van der Waals surface area contributed by atoms with Gasteiger partial charge in [-0.3, -0.25) is 0 Å². The normalized spacial score (nSPS) is 50.6. The summed E-state index contributed by atoms with van der Waals surface area (Å²) in [5.41, 5.74) is -2.85. The van der Waals surface area contributed by atoms with Crippen LogP contribution in [0.5, 0.6) is 0 Å². The smallest absolute Gasteiger partial charge is 0.187 e. The molecule has 23 N–H and O–H groups in total. The molecule has 0 aromatic carbocycles. The first-order chi connectivity index (χ1) is 62.4. The summed E-state index contributed by atoms with van der Waals surface area (Å²) >= 11 is 0. The van der Waals surface area contributed by atoms with E-state index in [1.54, 1.807) is 48.5 Å². The monoisotopic (exact) mass is 1940 g/mol. The van der Waals surface area contributed by atoms with Crippen molar-refractivity contribution in [3.05, 3.63) is 23.3 Å². The Balaban J connectivity index is 0.000000241. The van der Waals surface area contributed by atoms with E-state index in [4.69, 9.17) is 56.8 Å². The minimum atomic E-state index is -1.69. The molecule has 6 saturated carbocycles. The Hall–Kier alpha value is -1.92. The van der Waals surface area contributed by atoms with E-state index in [9.17, 15) is 117 Å². The van der Waals surface area contributed by atoms with Crippen LogP contribution in [0.1, 0.15) is 242 Å². The summed E-state index contributed by atoms with van der Waals surface area (Å²) in [7, 11) is 0. The van der Waals surface area contributed by atoms with Crippen molar-refractivity contribution in [1.82, 2.24) is 0 Å². The molecule has 50 atom stereocenters. The molecule has 7 unspecified atom stereocenters. The van der Waals surface area contributed by atoms with E-state index in [2.05, 4.69) is 95.2 Å². The van der Waals surface area contributed by atoms with Crippen molar-refractivity contribution in [2.75, 3.05) is 39.6 Å². The fourth-order valence-corrected chi connectivity index (χ4v) is 28.9. The van der Waals surface area contributed by atoms with Crippen LogP contribution in [0.4, 0.5) is 0 Å². The topological polar surface area (TPSA) is 576 Å². The molecule has 784 valence electrons. The highest BCUT2D eigenvalue weighted by Crippen LogP contribution is 2.77. The van der Waals surface area contributed by atoms with Gasteiger partial charge >= 0.3 is 0 Å². The molecule has 35 nitrogen and oxygen atoms in total. The molecule has 0 spiro atoms. The second kappa shape index (κ2) is 42.1. The van der Waals surface area contributed by atoms with E-state index in [1.165, 1.54) is 11.1 Å². The summed E-state index contributed by atoms with van der Waals surface area (Å²) in [6, 6.07) is 0. The Bertz CT molecular complexity index is 3900. The quantitative estimate of drug-likeness (QED) is 0.0500. The van der Waals surface area contributed by atoms with Crippen molar-refractivity contribution in [2.45, 2.75) is 455 Å². The third-order valence-corrected chi connectivity index (χ3v) is 38.5. The van der Waals surface area contributed by atoms with Crippen molar-refractivity contribution in [3.63, 3.8) is 0 Å². The Morgan fingerprint density at radius 1 is 0.356 bits per heavy atom. The molecule has 0 amide bonds. The van der Waals surface area contributed by atoms with Crippen LogP contribution in [0.2, 0.25) is 0 Å². The summed E-state index contributed by atoms with van der Waals surface area (Å²) in [5, 5.41) is 247. The van der Waals surface area contributed by atoms with Crippen LogP contribution in [0, 0.1) is 108 Å². The number of aliphatic hydroxyl groups is 23. The highest BCUT2D eigenvalue weighted by atomic mass is 16.8. The van der Waals surface area contributed by atoms with E-state index in [0.717, 1.165) is 44.9 Å². The molecule has 135 heavy (non-hydrogen) atoms. The Labute approximate surface area is 797 Å². The lowest BCUT2D eigenvalue weighted by molar-refractivity contribution is -0.340. The zero-order valence-corrected chi connectivity index (χ0v) is 82.3. The van der Waals surface area contributed by atoms with Crippen LogP contribution >= 0.6 is 0 Å². The number of allylic oxidation sites excluding steroid dienone is 2. The van der Waals surface area contributed by atoms with Gasteiger partial charge in [-0.2, -0.15) is 0 Å². The van der Waals surface area contributed by atoms with Gasteiger partial charge in [-0.05, 0) is 199 Å². The summed E-state index contributed by atoms with van der Waals surface area (Å²) in [5.74, 6) is -0.362. The number of hydrogen-bond donors (Lipinski definition) is 23. The van der Waals surface area contributed by atoms with E-state index in [0.29, 0.717) is 57.8 Å². The molecule has 6 aliphatic heterocycles. The van der Waals surface area contributed by atoms with Gasteiger partial charge in [-0.15, -0.1) is 0 Å². The summed E-state index contributed by atoms with van der Waals surface area (Å²) < 4.78 is 72.2.